The van der Waals surface area contributed by atoms with Gasteiger partial charge in [-0.25, -0.2) is 0 Å². The second-order valence-corrected chi connectivity index (χ2v) is 8.60. The lowest BCUT2D eigenvalue weighted by Gasteiger charge is -2.32. The Morgan fingerprint density at radius 3 is 1.73 bits per heavy atom. The standard InChI is InChI=1S/C13H20BNO2.C7H8BrN/c1-9-6-7-11(15)10(8-9)14-16-12(2,3)13(4,5)17-14;1-5-2-3-7(9)6(8)4-5/h6-8H,15H2,1-5H3;2-4H,9H2,1H3. The van der Waals surface area contributed by atoms with Gasteiger partial charge in [-0.05, 0) is 81.2 Å². The molecule has 0 bridgehead atoms. The van der Waals surface area contributed by atoms with Gasteiger partial charge in [-0.2, -0.15) is 0 Å². The average Bonchev–Trinajstić information content (AvgIpc) is 2.74. The molecule has 1 heterocycles. The van der Waals surface area contributed by atoms with Crippen molar-refractivity contribution in [3.05, 3.63) is 52.0 Å². The number of rotatable bonds is 1. The van der Waals surface area contributed by atoms with Gasteiger partial charge >= 0.3 is 7.12 Å². The van der Waals surface area contributed by atoms with E-state index < -0.39 is 0 Å². The first-order valence-electron chi connectivity index (χ1n) is 8.66. The fourth-order valence-electron chi connectivity index (χ4n) is 2.50. The number of aryl methyl sites for hydroxylation is 2. The first kappa shape index (κ1) is 20.8. The number of nitrogen functional groups attached to an aromatic ring is 2. The molecule has 3 rings (SSSR count). The van der Waals surface area contributed by atoms with E-state index in [1.54, 1.807) is 0 Å². The Morgan fingerprint density at radius 1 is 0.808 bits per heavy atom. The molecule has 1 aliphatic rings. The fourth-order valence-corrected chi connectivity index (χ4v) is 2.99. The van der Waals surface area contributed by atoms with Crippen molar-refractivity contribution in [3.63, 3.8) is 0 Å². The molecule has 0 aliphatic carbocycles. The van der Waals surface area contributed by atoms with Crippen LogP contribution in [0.2, 0.25) is 0 Å². The molecule has 4 N–H and O–H groups in total. The predicted molar refractivity (Wildman–Crippen MR) is 115 cm³/mol. The molecule has 0 unspecified atom stereocenters. The van der Waals surface area contributed by atoms with Crippen LogP contribution in [0.25, 0.3) is 0 Å². The Labute approximate surface area is 165 Å². The molecule has 4 nitrogen and oxygen atoms in total. The lowest BCUT2D eigenvalue weighted by atomic mass is 9.77. The molecular weight excluding hydrogens is 391 g/mol. The number of benzene rings is 2. The van der Waals surface area contributed by atoms with Gasteiger partial charge in [0.2, 0.25) is 0 Å². The Morgan fingerprint density at radius 2 is 1.27 bits per heavy atom. The normalized spacial score (nSPS) is 17.6. The van der Waals surface area contributed by atoms with Crippen molar-refractivity contribution >= 4 is 39.9 Å². The predicted octanol–water partition coefficient (Wildman–Crippen LogP) is 4.22. The highest BCUT2D eigenvalue weighted by Crippen LogP contribution is 2.36. The zero-order valence-electron chi connectivity index (χ0n) is 16.4. The SMILES string of the molecule is Cc1ccc(N)c(B2OC(C)(C)C(C)(C)O2)c1.Cc1ccc(N)c(Br)c1. The fraction of sp³-hybridized carbons (Fsp3) is 0.400. The molecule has 0 amide bonds. The van der Waals surface area contributed by atoms with Gasteiger partial charge in [0.1, 0.15) is 0 Å². The Kier molecular flexibility index (Phi) is 6.11. The summed E-state index contributed by atoms with van der Waals surface area (Å²) in [6.07, 6.45) is 0. The van der Waals surface area contributed by atoms with Crippen LogP contribution in [0.3, 0.4) is 0 Å². The van der Waals surface area contributed by atoms with E-state index in [0.717, 1.165) is 21.2 Å². The second-order valence-electron chi connectivity index (χ2n) is 7.75. The molecule has 2 aromatic rings. The maximum Gasteiger partial charge on any atom is 0.496 e. The second kappa shape index (κ2) is 7.63. The maximum atomic E-state index is 5.99. The van der Waals surface area contributed by atoms with Crippen LogP contribution >= 0.6 is 15.9 Å². The zero-order valence-corrected chi connectivity index (χ0v) is 18.0. The third-order valence-corrected chi connectivity index (χ3v) is 5.59. The highest BCUT2D eigenvalue weighted by Gasteiger charge is 2.52. The summed E-state index contributed by atoms with van der Waals surface area (Å²) < 4.78 is 12.9. The van der Waals surface area contributed by atoms with E-state index in [2.05, 4.69) is 15.9 Å². The van der Waals surface area contributed by atoms with Gasteiger partial charge < -0.3 is 20.8 Å². The molecule has 0 aromatic heterocycles. The largest absolute Gasteiger partial charge is 0.496 e. The molecule has 6 heteroatoms. The van der Waals surface area contributed by atoms with Crippen molar-refractivity contribution in [2.45, 2.75) is 52.7 Å². The minimum atomic E-state index is -0.375. The molecule has 0 radical (unpaired) electrons. The zero-order chi connectivity index (χ0) is 19.7. The van der Waals surface area contributed by atoms with Crippen LogP contribution in [0.5, 0.6) is 0 Å². The number of nitrogens with two attached hydrogens (primary N) is 2. The summed E-state index contributed by atoms with van der Waals surface area (Å²) >= 11 is 3.32. The molecule has 0 spiro atoms. The van der Waals surface area contributed by atoms with Crippen LogP contribution in [0.15, 0.2) is 40.9 Å². The van der Waals surface area contributed by atoms with E-state index in [9.17, 15) is 0 Å². The maximum absolute atomic E-state index is 5.99. The Balaban J connectivity index is 0.000000228. The van der Waals surface area contributed by atoms with Gasteiger partial charge in [-0.1, -0.05) is 23.8 Å². The van der Waals surface area contributed by atoms with E-state index in [0.29, 0.717) is 5.69 Å². The van der Waals surface area contributed by atoms with Crippen LogP contribution in [-0.4, -0.2) is 18.3 Å². The molecule has 1 fully saturated rings. The molecule has 1 aliphatic heterocycles. The number of hydrogen-bond donors (Lipinski definition) is 2. The molecule has 140 valence electrons. The lowest BCUT2D eigenvalue weighted by Crippen LogP contribution is -2.41. The Bertz CT molecular complexity index is 777. The molecular formula is C20H28BBrN2O2. The summed E-state index contributed by atoms with van der Waals surface area (Å²) in [6.45, 7) is 12.2. The van der Waals surface area contributed by atoms with Crippen LogP contribution < -0.4 is 16.9 Å². The van der Waals surface area contributed by atoms with Crippen LogP contribution in [0, 0.1) is 13.8 Å². The van der Waals surface area contributed by atoms with Crippen molar-refractivity contribution in [1.29, 1.82) is 0 Å². The third kappa shape index (κ3) is 4.61. The topological polar surface area (TPSA) is 70.5 Å². The average molecular weight is 419 g/mol. The smallest absolute Gasteiger partial charge is 0.399 e. The highest BCUT2D eigenvalue weighted by molar-refractivity contribution is 9.10. The third-order valence-electron chi connectivity index (χ3n) is 4.91. The number of halogens is 1. The highest BCUT2D eigenvalue weighted by atomic mass is 79.9. The van der Waals surface area contributed by atoms with Gasteiger partial charge in [0.15, 0.2) is 0 Å². The summed E-state index contributed by atoms with van der Waals surface area (Å²) in [6, 6.07) is 11.8. The van der Waals surface area contributed by atoms with Crippen molar-refractivity contribution in [3.8, 4) is 0 Å². The summed E-state index contributed by atoms with van der Waals surface area (Å²) in [5, 5.41) is 0. The lowest BCUT2D eigenvalue weighted by molar-refractivity contribution is 0.00578. The number of anilines is 2. The van der Waals surface area contributed by atoms with Gasteiger partial charge in [-0.15, -0.1) is 0 Å². The minimum Gasteiger partial charge on any atom is -0.399 e. The molecule has 0 atom stereocenters. The Hall–Kier alpha value is -1.50. The molecule has 0 saturated carbocycles. The first-order chi connectivity index (χ1) is 11.9. The van der Waals surface area contributed by atoms with Crippen molar-refractivity contribution in [2.24, 2.45) is 0 Å². The van der Waals surface area contributed by atoms with Crippen molar-refractivity contribution in [1.82, 2.24) is 0 Å². The summed E-state index contributed by atoms with van der Waals surface area (Å²) in [5.74, 6) is 0. The minimum absolute atomic E-state index is 0.326. The summed E-state index contributed by atoms with van der Waals surface area (Å²) in [5.41, 5.74) is 15.7. The van der Waals surface area contributed by atoms with Gasteiger partial charge in [-0.3, -0.25) is 0 Å². The van der Waals surface area contributed by atoms with Crippen molar-refractivity contribution < 1.29 is 9.31 Å². The molecule has 1 saturated heterocycles. The van der Waals surface area contributed by atoms with Crippen molar-refractivity contribution in [2.75, 3.05) is 11.5 Å². The van der Waals surface area contributed by atoms with Crippen LogP contribution in [-0.2, 0) is 9.31 Å². The quantitative estimate of drug-likeness (QED) is 0.537. The van der Waals surface area contributed by atoms with E-state index in [1.165, 1.54) is 5.56 Å². The van der Waals surface area contributed by atoms with Gasteiger partial charge in [0.05, 0.1) is 11.2 Å². The van der Waals surface area contributed by atoms with Gasteiger partial charge in [0, 0.05) is 21.3 Å². The molecule has 26 heavy (non-hydrogen) atoms. The summed E-state index contributed by atoms with van der Waals surface area (Å²) in [4.78, 5) is 0. The van der Waals surface area contributed by atoms with E-state index in [1.807, 2.05) is 77.9 Å². The number of hydrogen-bond acceptors (Lipinski definition) is 4. The van der Waals surface area contributed by atoms with Gasteiger partial charge in [0.25, 0.3) is 0 Å². The van der Waals surface area contributed by atoms with E-state index >= 15 is 0 Å². The first-order valence-corrected chi connectivity index (χ1v) is 9.45. The monoisotopic (exact) mass is 418 g/mol. The molecule has 2 aromatic carbocycles. The van der Waals surface area contributed by atoms with E-state index in [-0.39, 0.29) is 18.3 Å². The van der Waals surface area contributed by atoms with E-state index in [4.69, 9.17) is 20.8 Å². The van der Waals surface area contributed by atoms with Crippen LogP contribution in [0.1, 0.15) is 38.8 Å². The van der Waals surface area contributed by atoms with Crippen LogP contribution in [0.4, 0.5) is 11.4 Å². The summed E-state index contributed by atoms with van der Waals surface area (Å²) in [7, 11) is -0.375.